The maximum absolute atomic E-state index is 13.8. The molecule has 0 aliphatic heterocycles. The van der Waals surface area contributed by atoms with E-state index in [4.69, 9.17) is 5.26 Å². The van der Waals surface area contributed by atoms with Crippen LogP contribution in [0.15, 0.2) is 24.4 Å². The lowest BCUT2D eigenvalue weighted by atomic mass is 9.96. The third kappa shape index (κ3) is 2.61. The largest absolute Gasteiger partial charge is 0.433 e. The number of aliphatic hydroxyl groups excluding tert-OH is 1. The van der Waals surface area contributed by atoms with Crippen LogP contribution in [0.5, 0.6) is 0 Å². The lowest BCUT2D eigenvalue weighted by molar-refractivity contribution is -0.142. The van der Waals surface area contributed by atoms with E-state index >= 15 is 0 Å². The molecule has 0 fully saturated rings. The number of nitriles is 1. The van der Waals surface area contributed by atoms with E-state index in [1.807, 2.05) is 0 Å². The van der Waals surface area contributed by atoms with Crippen molar-refractivity contribution in [1.82, 2.24) is 4.98 Å². The predicted molar refractivity (Wildman–Crippen MR) is 72.9 cm³/mol. The Labute approximate surface area is 133 Å². The van der Waals surface area contributed by atoms with Crippen molar-refractivity contribution in [3.8, 4) is 17.2 Å². The highest BCUT2D eigenvalue weighted by atomic mass is 19.4. The molecule has 1 N–H and O–H groups in total. The van der Waals surface area contributed by atoms with Gasteiger partial charge in [0, 0.05) is 23.7 Å². The summed E-state index contributed by atoms with van der Waals surface area (Å²) in [6.45, 7) is 0. The second-order valence-corrected chi connectivity index (χ2v) is 5.42. The molecule has 2 atom stereocenters. The first kappa shape index (κ1) is 16.3. The number of halogens is 5. The number of aromatic nitrogens is 1. The summed E-state index contributed by atoms with van der Waals surface area (Å²) in [6.07, 6.45) is -8.30. The standard InChI is InChI=1S/C16H9F5N2O/c17-9-2-7(5-22)1-8(3-9)11-6-23-15(16(19,20)21)13-10(11)4-12(18)14(13)24/h1-3,6,12,14,24H,4H2/t12-,14-/m1/s1. The molecule has 3 nitrogen and oxygen atoms in total. The fraction of sp³-hybridized carbons (Fsp3) is 0.250. The van der Waals surface area contributed by atoms with Crippen LogP contribution in [0, 0.1) is 17.1 Å². The van der Waals surface area contributed by atoms with Crippen LogP contribution >= 0.6 is 0 Å². The Kier molecular flexibility index (Phi) is 3.76. The first-order chi connectivity index (χ1) is 11.2. The van der Waals surface area contributed by atoms with Crippen molar-refractivity contribution in [2.45, 2.75) is 24.9 Å². The molecule has 1 aromatic carbocycles. The van der Waals surface area contributed by atoms with Gasteiger partial charge in [0.2, 0.25) is 0 Å². The lowest BCUT2D eigenvalue weighted by Gasteiger charge is -2.16. The average molecular weight is 340 g/mol. The number of alkyl halides is 4. The third-order valence-corrected chi connectivity index (χ3v) is 3.87. The molecule has 0 saturated heterocycles. The number of hydrogen-bond donors (Lipinski definition) is 1. The Morgan fingerprint density at radius 2 is 1.96 bits per heavy atom. The van der Waals surface area contributed by atoms with E-state index in [1.165, 1.54) is 6.07 Å². The first-order valence-electron chi connectivity index (χ1n) is 6.84. The number of pyridine rings is 1. The van der Waals surface area contributed by atoms with Gasteiger partial charge in [-0.25, -0.2) is 8.78 Å². The summed E-state index contributed by atoms with van der Waals surface area (Å²) >= 11 is 0. The van der Waals surface area contributed by atoms with Crippen molar-refractivity contribution in [3.63, 3.8) is 0 Å². The molecule has 8 heteroatoms. The van der Waals surface area contributed by atoms with Gasteiger partial charge in [-0.1, -0.05) is 0 Å². The molecule has 0 spiro atoms. The quantitative estimate of drug-likeness (QED) is 0.805. The van der Waals surface area contributed by atoms with E-state index in [1.54, 1.807) is 6.07 Å². The molecule has 124 valence electrons. The van der Waals surface area contributed by atoms with E-state index in [-0.39, 0.29) is 22.3 Å². The molecule has 1 aliphatic carbocycles. The van der Waals surface area contributed by atoms with Gasteiger partial charge in [-0.3, -0.25) is 4.98 Å². The smallest absolute Gasteiger partial charge is 0.385 e. The zero-order valence-electron chi connectivity index (χ0n) is 11.9. The minimum absolute atomic E-state index is 0.0333. The van der Waals surface area contributed by atoms with Crippen molar-refractivity contribution in [3.05, 3.63) is 52.6 Å². The molecule has 1 heterocycles. The highest BCUT2D eigenvalue weighted by molar-refractivity contribution is 5.71. The van der Waals surface area contributed by atoms with E-state index in [0.717, 1.165) is 18.3 Å². The zero-order chi connectivity index (χ0) is 17.6. The fourth-order valence-electron chi connectivity index (χ4n) is 2.87. The number of benzene rings is 1. The van der Waals surface area contributed by atoms with Crippen LogP contribution in [0.3, 0.4) is 0 Å². The second kappa shape index (κ2) is 5.53. The molecule has 0 radical (unpaired) electrons. The Morgan fingerprint density at radius 1 is 1.25 bits per heavy atom. The van der Waals surface area contributed by atoms with Crippen LogP contribution in [-0.2, 0) is 12.6 Å². The SMILES string of the molecule is N#Cc1cc(F)cc(-c2cnc(C(F)(F)F)c3c2C[C@@H](F)[C@H]3O)c1. The van der Waals surface area contributed by atoms with Crippen molar-refractivity contribution in [1.29, 1.82) is 5.26 Å². The maximum Gasteiger partial charge on any atom is 0.433 e. The highest BCUT2D eigenvalue weighted by Crippen LogP contribution is 2.45. The number of rotatable bonds is 1. The van der Waals surface area contributed by atoms with Crippen LogP contribution in [0.2, 0.25) is 0 Å². The van der Waals surface area contributed by atoms with E-state index in [2.05, 4.69) is 4.98 Å². The van der Waals surface area contributed by atoms with Gasteiger partial charge in [0.05, 0.1) is 11.6 Å². The normalized spacial score (nSPS) is 19.9. The van der Waals surface area contributed by atoms with Gasteiger partial charge in [-0.2, -0.15) is 18.4 Å². The number of hydrogen-bond acceptors (Lipinski definition) is 3. The molecule has 0 unspecified atom stereocenters. The molecular formula is C16H9F5N2O. The highest BCUT2D eigenvalue weighted by Gasteiger charge is 2.44. The Hall–Kier alpha value is -2.53. The minimum atomic E-state index is -4.85. The predicted octanol–water partition coefficient (Wildman–Crippen LogP) is 3.71. The average Bonchev–Trinajstić information content (AvgIpc) is 2.80. The Balaban J connectivity index is 2.26. The van der Waals surface area contributed by atoms with Gasteiger partial charge in [0.15, 0.2) is 5.69 Å². The van der Waals surface area contributed by atoms with Crippen molar-refractivity contribution in [2.24, 2.45) is 0 Å². The molecule has 1 aromatic heterocycles. The summed E-state index contributed by atoms with van der Waals surface area (Å²) in [7, 11) is 0. The number of fused-ring (bicyclic) bond motifs is 1. The summed E-state index contributed by atoms with van der Waals surface area (Å²) in [5.74, 6) is -0.756. The summed E-state index contributed by atoms with van der Waals surface area (Å²) in [5.41, 5.74) is -1.93. The molecule has 0 saturated carbocycles. The fourth-order valence-corrected chi connectivity index (χ4v) is 2.87. The van der Waals surface area contributed by atoms with Crippen LogP contribution in [0.1, 0.15) is 28.5 Å². The lowest BCUT2D eigenvalue weighted by Crippen LogP contribution is -2.15. The molecule has 0 bridgehead atoms. The molecule has 3 rings (SSSR count). The van der Waals surface area contributed by atoms with E-state index in [0.29, 0.717) is 0 Å². The molecule has 0 amide bonds. The topological polar surface area (TPSA) is 56.9 Å². The van der Waals surface area contributed by atoms with Gasteiger partial charge in [-0.05, 0) is 29.3 Å². The third-order valence-electron chi connectivity index (χ3n) is 3.87. The van der Waals surface area contributed by atoms with Crippen LogP contribution in [0.4, 0.5) is 22.0 Å². The van der Waals surface area contributed by atoms with Gasteiger partial charge in [-0.15, -0.1) is 0 Å². The van der Waals surface area contributed by atoms with Crippen molar-refractivity contribution in [2.75, 3.05) is 0 Å². The number of aliphatic hydroxyl groups is 1. The van der Waals surface area contributed by atoms with Gasteiger partial charge in [0.1, 0.15) is 18.1 Å². The van der Waals surface area contributed by atoms with Crippen LogP contribution in [0.25, 0.3) is 11.1 Å². The molecular weight excluding hydrogens is 331 g/mol. The zero-order valence-corrected chi connectivity index (χ0v) is 11.9. The van der Waals surface area contributed by atoms with Gasteiger partial charge in [0.25, 0.3) is 0 Å². The first-order valence-corrected chi connectivity index (χ1v) is 6.84. The summed E-state index contributed by atoms with van der Waals surface area (Å²) in [5, 5.41) is 18.7. The Morgan fingerprint density at radius 3 is 2.58 bits per heavy atom. The van der Waals surface area contributed by atoms with E-state index < -0.39 is 41.9 Å². The maximum atomic E-state index is 13.8. The van der Waals surface area contributed by atoms with Gasteiger partial charge >= 0.3 is 6.18 Å². The van der Waals surface area contributed by atoms with Crippen LogP contribution < -0.4 is 0 Å². The van der Waals surface area contributed by atoms with Crippen molar-refractivity contribution >= 4 is 0 Å². The second-order valence-electron chi connectivity index (χ2n) is 5.42. The Bertz CT molecular complexity index is 857. The summed E-state index contributed by atoms with van der Waals surface area (Å²) in [4.78, 5) is 3.31. The monoisotopic (exact) mass is 340 g/mol. The summed E-state index contributed by atoms with van der Waals surface area (Å²) in [6, 6.07) is 4.99. The molecule has 1 aliphatic rings. The number of nitrogens with zero attached hydrogens (tertiary/aromatic N) is 2. The molecule has 24 heavy (non-hydrogen) atoms. The van der Waals surface area contributed by atoms with Gasteiger partial charge < -0.3 is 5.11 Å². The van der Waals surface area contributed by atoms with E-state index in [9.17, 15) is 27.1 Å². The minimum Gasteiger partial charge on any atom is -0.385 e. The summed E-state index contributed by atoms with van der Waals surface area (Å²) < 4.78 is 66.6. The van der Waals surface area contributed by atoms with Crippen molar-refractivity contribution < 1.29 is 27.1 Å². The van der Waals surface area contributed by atoms with Crippen LogP contribution in [-0.4, -0.2) is 16.3 Å². The molecule has 2 aromatic rings.